The summed E-state index contributed by atoms with van der Waals surface area (Å²) < 4.78 is 6.51. The molecule has 2 aromatic heterocycles. The smallest absolute Gasteiger partial charge is 0.267 e. The molecule has 0 bridgehead atoms. The Morgan fingerprint density at radius 2 is 1.92 bits per heavy atom. The molecular formula is C18H13N3O3S. The van der Waals surface area contributed by atoms with Gasteiger partial charge in [-0.3, -0.25) is 14.0 Å². The summed E-state index contributed by atoms with van der Waals surface area (Å²) >= 11 is 1.18. The number of para-hydroxylation sites is 1. The van der Waals surface area contributed by atoms with Crippen LogP contribution in [0.4, 0.5) is 5.69 Å². The fraction of sp³-hybridized carbons (Fsp3) is 0.0556. The highest BCUT2D eigenvalue weighted by Gasteiger charge is 2.14. The minimum Gasteiger partial charge on any atom is -0.497 e. The monoisotopic (exact) mass is 351 g/mol. The van der Waals surface area contributed by atoms with Crippen LogP contribution in [0.1, 0.15) is 9.67 Å². The predicted molar refractivity (Wildman–Crippen MR) is 97.8 cm³/mol. The molecule has 0 radical (unpaired) electrons. The first-order chi connectivity index (χ1) is 12.2. The third kappa shape index (κ3) is 2.74. The number of aromatic nitrogens is 2. The third-order valence-electron chi connectivity index (χ3n) is 3.79. The van der Waals surface area contributed by atoms with Crippen molar-refractivity contribution in [2.24, 2.45) is 0 Å². The maximum Gasteiger partial charge on any atom is 0.267 e. The zero-order valence-corrected chi connectivity index (χ0v) is 14.0. The number of anilines is 1. The van der Waals surface area contributed by atoms with Gasteiger partial charge in [0.05, 0.1) is 18.0 Å². The van der Waals surface area contributed by atoms with E-state index in [0.29, 0.717) is 32.2 Å². The summed E-state index contributed by atoms with van der Waals surface area (Å²) in [5.74, 6) is 0.423. The SMILES string of the molecule is COc1ccc(NC(=O)c2cn3c(=O)c4ccccc4nc3s2)cc1. The predicted octanol–water partition coefficient (Wildman–Crippen LogP) is 3.17. The maximum absolute atomic E-state index is 12.5. The fourth-order valence-electron chi connectivity index (χ4n) is 2.53. The Hall–Kier alpha value is -3.19. The lowest BCUT2D eigenvalue weighted by Crippen LogP contribution is -2.13. The number of nitrogens with zero attached hydrogens (tertiary/aromatic N) is 2. The number of amides is 1. The van der Waals surface area contributed by atoms with Gasteiger partial charge in [-0.2, -0.15) is 0 Å². The number of ether oxygens (including phenoxy) is 1. The minimum absolute atomic E-state index is 0.180. The molecule has 0 unspecified atom stereocenters. The van der Waals surface area contributed by atoms with Gasteiger partial charge in [0.1, 0.15) is 10.6 Å². The van der Waals surface area contributed by atoms with Crippen molar-refractivity contribution in [3.05, 3.63) is 70.0 Å². The first kappa shape index (κ1) is 15.3. The van der Waals surface area contributed by atoms with E-state index in [1.54, 1.807) is 49.6 Å². The Morgan fingerprint density at radius 1 is 1.16 bits per heavy atom. The van der Waals surface area contributed by atoms with E-state index in [0.717, 1.165) is 0 Å². The van der Waals surface area contributed by atoms with E-state index < -0.39 is 0 Å². The highest BCUT2D eigenvalue weighted by molar-refractivity contribution is 7.19. The second kappa shape index (κ2) is 6.03. The quantitative estimate of drug-likeness (QED) is 0.615. The van der Waals surface area contributed by atoms with Crippen LogP contribution in [0.3, 0.4) is 0 Å². The molecule has 0 aliphatic carbocycles. The molecule has 0 spiro atoms. The van der Waals surface area contributed by atoms with Gasteiger partial charge in [0.2, 0.25) is 0 Å². The van der Waals surface area contributed by atoms with Crippen molar-refractivity contribution in [1.82, 2.24) is 9.38 Å². The molecule has 4 rings (SSSR count). The number of carbonyl (C=O) groups is 1. The highest BCUT2D eigenvalue weighted by atomic mass is 32.1. The van der Waals surface area contributed by atoms with Crippen LogP contribution in [0.5, 0.6) is 5.75 Å². The number of rotatable bonds is 3. The van der Waals surface area contributed by atoms with Crippen LogP contribution in [0, 0.1) is 0 Å². The highest BCUT2D eigenvalue weighted by Crippen LogP contribution is 2.20. The van der Waals surface area contributed by atoms with Crippen LogP contribution in [-0.2, 0) is 0 Å². The van der Waals surface area contributed by atoms with Crippen LogP contribution >= 0.6 is 11.3 Å². The number of thiazole rings is 1. The van der Waals surface area contributed by atoms with Crippen LogP contribution in [0.15, 0.2) is 59.5 Å². The Balaban J connectivity index is 1.71. The zero-order valence-electron chi connectivity index (χ0n) is 13.2. The van der Waals surface area contributed by atoms with Crippen molar-refractivity contribution < 1.29 is 9.53 Å². The second-order valence-corrected chi connectivity index (χ2v) is 6.37. The van der Waals surface area contributed by atoms with Crippen molar-refractivity contribution in [3.8, 4) is 5.75 Å². The van der Waals surface area contributed by atoms with Crippen molar-refractivity contribution in [2.75, 3.05) is 12.4 Å². The lowest BCUT2D eigenvalue weighted by atomic mass is 10.2. The Bertz CT molecular complexity index is 1150. The van der Waals surface area contributed by atoms with Gasteiger partial charge < -0.3 is 10.1 Å². The summed E-state index contributed by atoms with van der Waals surface area (Å²) in [7, 11) is 1.58. The minimum atomic E-state index is -0.288. The van der Waals surface area contributed by atoms with Gasteiger partial charge in [0.25, 0.3) is 11.5 Å². The van der Waals surface area contributed by atoms with Crippen LogP contribution < -0.4 is 15.6 Å². The average molecular weight is 351 g/mol. The van der Waals surface area contributed by atoms with E-state index in [-0.39, 0.29) is 11.5 Å². The average Bonchev–Trinajstić information content (AvgIpc) is 3.07. The number of methoxy groups -OCH3 is 1. The lowest BCUT2D eigenvalue weighted by molar-refractivity contribution is 0.103. The number of carbonyl (C=O) groups excluding carboxylic acids is 1. The summed E-state index contributed by atoms with van der Waals surface area (Å²) in [6.07, 6.45) is 1.53. The van der Waals surface area contributed by atoms with Crippen molar-refractivity contribution in [1.29, 1.82) is 0 Å². The molecule has 1 N–H and O–H groups in total. The molecule has 6 nitrogen and oxygen atoms in total. The molecule has 25 heavy (non-hydrogen) atoms. The molecule has 0 saturated heterocycles. The van der Waals surface area contributed by atoms with E-state index in [9.17, 15) is 9.59 Å². The molecule has 0 fully saturated rings. The largest absolute Gasteiger partial charge is 0.497 e. The fourth-order valence-corrected chi connectivity index (χ4v) is 3.40. The third-order valence-corrected chi connectivity index (χ3v) is 4.78. The van der Waals surface area contributed by atoms with Gasteiger partial charge in [0, 0.05) is 11.9 Å². The van der Waals surface area contributed by atoms with Gasteiger partial charge in [-0.05, 0) is 36.4 Å². The molecule has 7 heteroatoms. The normalized spacial score (nSPS) is 10.9. The summed E-state index contributed by atoms with van der Waals surface area (Å²) in [4.78, 5) is 30.4. The summed E-state index contributed by atoms with van der Waals surface area (Å²) in [6, 6.07) is 14.2. The van der Waals surface area contributed by atoms with E-state index in [4.69, 9.17) is 4.74 Å². The van der Waals surface area contributed by atoms with Gasteiger partial charge >= 0.3 is 0 Å². The number of fused-ring (bicyclic) bond motifs is 2. The summed E-state index contributed by atoms with van der Waals surface area (Å²) in [6.45, 7) is 0. The van der Waals surface area contributed by atoms with Crippen molar-refractivity contribution in [2.45, 2.75) is 0 Å². The van der Waals surface area contributed by atoms with Crippen molar-refractivity contribution in [3.63, 3.8) is 0 Å². The van der Waals surface area contributed by atoms with Gasteiger partial charge in [0.15, 0.2) is 4.96 Å². The van der Waals surface area contributed by atoms with Crippen molar-refractivity contribution >= 4 is 38.8 Å². The number of hydrogen-bond acceptors (Lipinski definition) is 5. The molecule has 0 atom stereocenters. The molecule has 2 heterocycles. The van der Waals surface area contributed by atoms with E-state index in [2.05, 4.69) is 10.3 Å². The summed E-state index contributed by atoms with van der Waals surface area (Å²) in [5.41, 5.74) is 1.09. The van der Waals surface area contributed by atoms with Crippen LogP contribution in [0.25, 0.3) is 15.9 Å². The Morgan fingerprint density at radius 3 is 2.68 bits per heavy atom. The first-order valence-electron chi connectivity index (χ1n) is 7.52. The summed E-state index contributed by atoms with van der Waals surface area (Å²) in [5, 5.41) is 3.33. The van der Waals surface area contributed by atoms with Crippen LogP contribution in [0.2, 0.25) is 0 Å². The number of hydrogen-bond donors (Lipinski definition) is 1. The first-order valence-corrected chi connectivity index (χ1v) is 8.34. The lowest BCUT2D eigenvalue weighted by Gasteiger charge is -2.04. The van der Waals surface area contributed by atoms with E-state index in [1.807, 2.05) is 6.07 Å². The molecule has 0 aliphatic rings. The van der Waals surface area contributed by atoms with Crippen LogP contribution in [-0.4, -0.2) is 22.4 Å². The number of nitrogens with one attached hydrogen (secondary N) is 1. The molecule has 0 aliphatic heterocycles. The molecule has 4 aromatic rings. The molecule has 124 valence electrons. The molecule has 1 amide bonds. The maximum atomic E-state index is 12.5. The Labute approximate surface area is 146 Å². The number of benzene rings is 2. The standard InChI is InChI=1S/C18H13N3O3S/c1-24-12-8-6-11(7-9-12)19-16(22)15-10-21-17(23)13-4-2-3-5-14(13)20-18(21)25-15/h2-10H,1H3,(H,19,22). The van der Waals surface area contributed by atoms with Gasteiger partial charge in [-0.25, -0.2) is 4.98 Å². The van der Waals surface area contributed by atoms with Gasteiger partial charge in [-0.15, -0.1) is 0 Å². The Kier molecular flexibility index (Phi) is 3.70. The molecular weight excluding hydrogens is 338 g/mol. The molecule has 2 aromatic carbocycles. The topological polar surface area (TPSA) is 72.7 Å². The van der Waals surface area contributed by atoms with E-state index in [1.165, 1.54) is 21.9 Å². The second-order valence-electron chi connectivity index (χ2n) is 5.36. The van der Waals surface area contributed by atoms with E-state index >= 15 is 0 Å². The molecule has 0 saturated carbocycles. The zero-order chi connectivity index (χ0) is 17.4. The van der Waals surface area contributed by atoms with Gasteiger partial charge in [-0.1, -0.05) is 23.5 Å².